The zero-order chi connectivity index (χ0) is 55.2. The second-order valence-corrected chi connectivity index (χ2v) is 25.2. The molecule has 0 radical (unpaired) electrons. The SMILES string of the molecule is CC(C)CC(=O)N1CCN(C(C)C)[C@H](C(=O)C(C)C)C1.CC(C)CCN1CCN(C(C)C)[C@H](C(=O)C(C)C)C1.CC(C)CO[C@H]1CCN(C(C)C)[C@@H]1C(=O)C(C)C.CC(C)C[C@H](NC(C)C)C(=O)C(C)C. The van der Waals surface area contributed by atoms with Crippen LogP contribution < -0.4 is 5.32 Å². The van der Waals surface area contributed by atoms with Crippen LogP contribution in [0.1, 0.15) is 192 Å². The molecule has 12 heteroatoms. The van der Waals surface area contributed by atoms with E-state index in [2.05, 4.69) is 136 Å². The minimum Gasteiger partial charge on any atom is -0.376 e. The number of likely N-dealkylation sites (tertiary alicyclic amines) is 1. The average molecular weight is 1010 g/mol. The van der Waals surface area contributed by atoms with E-state index in [1.807, 2.05) is 60.3 Å². The van der Waals surface area contributed by atoms with Crippen LogP contribution in [0.25, 0.3) is 0 Å². The summed E-state index contributed by atoms with van der Waals surface area (Å²) in [5, 5.41) is 3.34. The smallest absolute Gasteiger partial charge is 0.222 e. The van der Waals surface area contributed by atoms with E-state index < -0.39 is 0 Å². The van der Waals surface area contributed by atoms with E-state index in [1.54, 1.807) is 0 Å². The van der Waals surface area contributed by atoms with Gasteiger partial charge in [-0.2, -0.15) is 0 Å². The summed E-state index contributed by atoms with van der Waals surface area (Å²) < 4.78 is 5.97. The highest BCUT2D eigenvalue weighted by Gasteiger charge is 2.42. The molecule has 1 amide bonds. The molecule has 0 aromatic rings. The zero-order valence-corrected chi connectivity index (χ0v) is 50.7. The molecule has 3 saturated heterocycles. The maximum atomic E-state index is 12.4. The van der Waals surface area contributed by atoms with Gasteiger partial charge in [-0.3, -0.25) is 38.7 Å². The van der Waals surface area contributed by atoms with Gasteiger partial charge in [-0.1, -0.05) is 125 Å². The number of nitrogens with zero attached hydrogens (tertiary/aromatic N) is 5. The van der Waals surface area contributed by atoms with Gasteiger partial charge in [0, 0.05) is 107 Å². The van der Waals surface area contributed by atoms with Crippen molar-refractivity contribution in [2.24, 2.45) is 47.3 Å². The third kappa shape index (κ3) is 25.8. The van der Waals surface area contributed by atoms with Crippen molar-refractivity contribution in [3.05, 3.63) is 0 Å². The number of carbonyl (C=O) groups excluding carboxylic acids is 5. The van der Waals surface area contributed by atoms with Crippen LogP contribution in [0.3, 0.4) is 0 Å². The first-order valence-corrected chi connectivity index (χ1v) is 28.5. The third-order valence-corrected chi connectivity index (χ3v) is 13.7. The predicted molar refractivity (Wildman–Crippen MR) is 299 cm³/mol. The number of nitrogens with one attached hydrogen (secondary N) is 1. The molecule has 1 N–H and O–H groups in total. The van der Waals surface area contributed by atoms with Gasteiger partial charge in [-0.15, -0.1) is 0 Å². The Bertz CT molecular complexity index is 1510. The number of carbonyl (C=O) groups is 5. The van der Waals surface area contributed by atoms with E-state index in [0.717, 1.165) is 71.2 Å². The molecule has 0 bridgehead atoms. The fourth-order valence-electron chi connectivity index (χ4n) is 9.60. The van der Waals surface area contributed by atoms with Crippen LogP contribution >= 0.6 is 0 Å². The van der Waals surface area contributed by atoms with E-state index in [1.165, 1.54) is 6.42 Å². The fraction of sp³-hybridized carbons (Fsp3) is 0.915. The molecule has 12 nitrogen and oxygen atoms in total. The van der Waals surface area contributed by atoms with Crippen LogP contribution in [0, 0.1) is 47.3 Å². The third-order valence-electron chi connectivity index (χ3n) is 13.7. The van der Waals surface area contributed by atoms with Crippen LogP contribution in [-0.4, -0.2) is 167 Å². The lowest BCUT2D eigenvalue weighted by molar-refractivity contribution is -0.140. The van der Waals surface area contributed by atoms with Crippen LogP contribution in [-0.2, 0) is 28.7 Å². The lowest BCUT2D eigenvalue weighted by Gasteiger charge is -2.43. The predicted octanol–water partition coefficient (Wildman–Crippen LogP) is 10.2. The highest BCUT2D eigenvalue weighted by Crippen LogP contribution is 2.27. The van der Waals surface area contributed by atoms with Crippen LogP contribution in [0.5, 0.6) is 0 Å². The van der Waals surface area contributed by atoms with E-state index >= 15 is 0 Å². The lowest BCUT2D eigenvalue weighted by atomic mass is 9.94. The quantitative estimate of drug-likeness (QED) is 0.105. The summed E-state index contributed by atoms with van der Waals surface area (Å²) in [4.78, 5) is 72.6. The highest BCUT2D eigenvalue weighted by atomic mass is 16.5. The molecule has 418 valence electrons. The monoisotopic (exact) mass is 1000 g/mol. The molecule has 0 spiro atoms. The molecule has 0 unspecified atom stereocenters. The number of ketones is 4. The Morgan fingerprint density at radius 2 is 0.986 bits per heavy atom. The topological polar surface area (TPSA) is 123 Å². The molecule has 0 aliphatic carbocycles. The Labute approximate surface area is 438 Å². The second-order valence-electron chi connectivity index (χ2n) is 25.2. The van der Waals surface area contributed by atoms with Crippen molar-refractivity contribution in [1.82, 2.24) is 29.8 Å². The van der Waals surface area contributed by atoms with E-state index in [4.69, 9.17) is 4.74 Å². The summed E-state index contributed by atoms with van der Waals surface area (Å²) >= 11 is 0. The summed E-state index contributed by atoms with van der Waals surface area (Å²) in [7, 11) is 0. The van der Waals surface area contributed by atoms with Gasteiger partial charge in [0.15, 0.2) is 23.1 Å². The first-order chi connectivity index (χ1) is 32.7. The van der Waals surface area contributed by atoms with Crippen molar-refractivity contribution in [3.63, 3.8) is 0 Å². The summed E-state index contributed by atoms with van der Waals surface area (Å²) in [5.41, 5.74) is 0. The van der Waals surface area contributed by atoms with Gasteiger partial charge < -0.3 is 19.9 Å². The molecule has 0 aromatic heterocycles. The van der Waals surface area contributed by atoms with Gasteiger partial charge in [-0.25, -0.2) is 0 Å². The van der Waals surface area contributed by atoms with Gasteiger partial charge >= 0.3 is 0 Å². The molecular weight excluding hydrogens is 889 g/mol. The molecule has 3 aliphatic heterocycles. The van der Waals surface area contributed by atoms with E-state index in [-0.39, 0.29) is 65.6 Å². The summed E-state index contributed by atoms with van der Waals surface area (Å²) in [6.45, 7) is 58.2. The number of hydrogen-bond acceptors (Lipinski definition) is 11. The summed E-state index contributed by atoms with van der Waals surface area (Å²) in [6, 6.07) is 1.54. The standard InChI is InChI=1S/C16H30N2O2.C16H32N2O.C15H29NO2.C12H25NO/c1-11(2)9-15(19)17-7-8-18(13(5)6)14(10-17)16(20)12(3)4;1-12(2)7-8-17-9-10-18(14(5)6)15(11-17)16(19)13(3)4;1-10(2)9-18-13-7-8-16(12(5)6)14(13)15(17)11(3)4;1-8(2)7-11(13-10(5)6)12(14)9(3)4/h11-14H,7-10H2,1-6H3;12-15H,7-11H2,1-6H3;10-14H,7-9H2,1-6H3;8-11,13H,7H2,1-6H3/t14-;15-;13-,14-;11-/m0000/s1. The van der Waals surface area contributed by atoms with Gasteiger partial charge in [0.25, 0.3) is 0 Å². The average Bonchev–Trinajstić information content (AvgIpc) is 3.70. The Hall–Kier alpha value is -2.09. The summed E-state index contributed by atoms with van der Waals surface area (Å²) in [6.07, 6.45) is 3.81. The maximum Gasteiger partial charge on any atom is 0.222 e. The van der Waals surface area contributed by atoms with Gasteiger partial charge in [0.1, 0.15) is 0 Å². The normalized spacial score (nSPS) is 21.3. The molecule has 3 rings (SSSR count). The number of amides is 1. The number of piperazine rings is 2. The zero-order valence-electron chi connectivity index (χ0n) is 50.7. The number of rotatable bonds is 23. The minimum absolute atomic E-state index is 0.0152. The van der Waals surface area contributed by atoms with E-state index in [0.29, 0.717) is 72.2 Å². The number of ether oxygens (including phenoxy) is 1. The molecule has 71 heavy (non-hydrogen) atoms. The van der Waals surface area contributed by atoms with Crippen molar-refractivity contribution in [1.29, 1.82) is 0 Å². The molecule has 3 aliphatic rings. The van der Waals surface area contributed by atoms with E-state index in [9.17, 15) is 24.0 Å². The molecular formula is C59H116N6O6. The Morgan fingerprint density at radius 3 is 1.38 bits per heavy atom. The largest absolute Gasteiger partial charge is 0.376 e. The second kappa shape index (κ2) is 34.5. The fourth-order valence-corrected chi connectivity index (χ4v) is 9.60. The highest BCUT2D eigenvalue weighted by molar-refractivity contribution is 5.88. The van der Waals surface area contributed by atoms with Gasteiger partial charge in [0.05, 0.1) is 30.3 Å². The Kier molecular flexibility index (Phi) is 33.5. The number of Topliss-reactive ketones (excluding diaryl/α,β-unsaturated/α-hetero) is 4. The van der Waals surface area contributed by atoms with Gasteiger partial charge in [0.2, 0.25) is 5.91 Å². The van der Waals surface area contributed by atoms with Crippen molar-refractivity contribution in [3.8, 4) is 0 Å². The summed E-state index contributed by atoms with van der Waals surface area (Å²) in [5.74, 6) is 4.06. The number of hydrogen-bond donors (Lipinski definition) is 1. The van der Waals surface area contributed by atoms with Crippen molar-refractivity contribution >= 4 is 29.0 Å². The van der Waals surface area contributed by atoms with Crippen molar-refractivity contribution in [2.75, 3.05) is 59.0 Å². The maximum absolute atomic E-state index is 12.4. The van der Waals surface area contributed by atoms with Crippen molar-refractivity contribution in [2.45, 2.75) is 246 Å². The molecule has 3 heterocycles. The lowest BCUT2D eigenvalue weighted by Crippen LogP contribution is -2.60. The van der Waals surface area contributed by atoms with Crippen LogP contribution in [0.2, 0.25) is 0 Å². The Morgan fingerprint density at radius 1 is 0.507 bits per heavy atom. The van der Waals surface area contributed by atoms with Crippen LogP contribution in [0.15, 0.2) is 0 Å². The Balaban J connectivity index is 0.000000928. The molecule has 0 aromatic carbocycles. The van der Waals surface area contributed by atoms with Crippen molar-refractivity contribution < 1.29 is 28.7 Å². The molecule has 0 saturated carbocycles. The minimum atomic E-state index is -0.139. The first-order valence-electron chi connectivity index (χ1n) is 28.5. The van der Waals surface area contributed by atoms with Gasteiger partial charge in [-0.05, 0) is 91.0 Å². The van der Waals surface area contributed by atoms with Crippen LogP contribution in [0.4, 0.5) is 0 Å². The molecule has 5 atom stereocenters. The first kappa shape index (κ1) is 68.9. The molecule has 3 fully saturated rings.